The molecule has 0 fully saturated rings. The summed E-state index contributed by atoms with van der Waals surface area (Å²) in [5, 5.41) is 3.15. The molecular weight excluding hydrogens is 353 g/mol. The number of aromatic nitrogens is 1. The summed E-state index contributed by atoms with van der Waals surface area (Å²) in [6.45, 7) is 5.35. The van der Waals surface area contributed by atoms with Gasteiger partial charge in [-0.2, -0.15) is 0 Å². The Bertz CT molecular complexity index is 792. The molecule has 2 aromatic rings. The molecule has 1 heterocycles. The molecule has 4 N–H and O–H groups in total. The summed E-state index contributed by atoms with van der Waals surface area (Å²) >= 11 is 11.9. The molecule has 0 saturated heterocycles. The van der Waals surface area contributed by atoms with E-state index in [1.54, 1.807) is 20.8 Å². The number of hydrogen-bond donors (Lipinski definition) is 3. The van der Waals surface area contributed by atoms with Crippen LogP contribution < -0.4 is 11.1 Å². The maximum absolute atomic E-state index is 12.5. The normalized spacial score (nSPS) is 10.5. The first-order chi connectivity index (χ1) is 11.3. The number of aromatic amines is 1. The van der Waals surface area contributed by atoms with Crippen LogP contribution in [0.4, 0.5) is 11.4 Å². The minimum Gasteiger partial charge on any atom is -0.462 e. The topological polar surface area (TPSA) is 97.2 Å². The van der Waals surface area contributed by atoms with E-state index in [1.807, 2.05) is 0 Å². The highest BCUT2D eigenvalue weighted by Gasteiger charge is 2.23. The van der Waals surface area contributed by atoms with Crippen molar-refractivity contribution in [1.29, 1.82) is 0 Å². The lowest BCUT2D eigenvalue weighted by Crippen LogP contribution is -2.14. The molecule has 0 radical (unpaired) electrons. The molecule has 8 heteroatoms. The lowest BCUT2D eigenvalue weighted by molar-refractivity contribution is 0.0525. The lowest BCUT2D eigenvalue weighted by Gasteiger charge is -2.08. The van der Waals surface area contributed by atoms with Gasteiger partial charge in [0, 0.05) is 11.4 Å². The first-order valence-corrected chi connectivity index (χ1v) is 7.94. The number of carbonyl (C=O) groups excluding carboxylic acids is 2. The van der Waals surface area contributed by atoms with E-state index in [-0.39, 0.29) is 28.0 Å². The van der Waals surface area contributed by atoms with E-state index in [4.69, 9.17) is 33.7 Å². The van der Waals surface area contributed by atoms with Gasteiger partial charge in [0.25, 0.3) is 5.91 Å². The average molecular weight is 370 g/mol. The van der Waals surface area contributed by atoms with Crippen LogP contribution in [0, 0.1) is 13.8 Å². The fourth-order valence-corrected chi connectivity index (χ4v) is 2.82. The van der Waals surface area contributed by atoms with Crippen LogP contribution in [0.1, 0.15) is 39.0 Å². The van der Waals surface area contributed by atoms with Crippen molar-refractivity contribution >= 4 is 46.5 Å². The highest BCUT2D eigenvalue weighted by molar-refractivity contribution is 6.39. The van der Waals surface area contributed by atoms with Gasteiger partial charge in [-0.3, -0.25) is 4.79 Å². The van der Waals surface area contributed by atoms with Gasteiger partial charge in [-0.1, -0.05) is 23.2 Å². The molecule has 0 aliphatic carbocycles. The molecule has 0 spiro atoms. The van der Waals surface area contributed by atoms with Gasteiger partial charge in [0.05, 0.1) is 27.9 Å². The highest BCUT2D eigenvalue weighted by atomic mass is 35.5. The smallest absolute Gasteiger partial charge is 0.340 e. The van der Waals surface area contributed by atoms with E-state index in [9.17, 15) is 9.59 Å². The van der Waals surface area contributed by atoms with Crippen molar-refractivity contribution < 1.29 is 14.3 Å². The van der Waals surface area contributed by atoms with Crippen molar-refractivity contribution in [3.63, 3.8) is 0 Å². The number of H-pyrrole nitrogens is 1. The molecule has 1 amide bonds. The van der Waals surface area contributed by atoms with Crippen molar-refractivity contribution in [3.05, 3.63) is 44.7 Å². The van der Waals surface area contributed by atoms with Crippen molar-refractivity contribution in [2.75, 3.05) is 17.7 Å². The second-order valence-corrected chi connectivity index (χ2v) is 5.97. The van der Waals surface area contributed by atoms with Gasteiger partial charge < -0.3 is 20.8 Å². The zero-order valence-corrected chi connectivity index (χ0v) is 14.9. The van der Waals surface area contributed by atoms with E-state index in [0.29, 0.717) is 22.5 Å². The summed E-state index contributed by atoms with van der Waals surface area (Å²) in [5.74, 6) is -0.899. The molecule has 24 heavy (non-hydrogen) atoms. The Balaban J connectivity index is 2.31. The number of esters is 1. The highest BCUT2D eigenvalue weighted by Crippen LogP contribution is 2.31. The minimum absolute atomic E-state index is 0.240. The maximum atomic E-state index is 12.5. The van der Waals surface area contributed by atoms with E-state index < -0.39 is 11.9 Å². The van der Waals surface area contributed by atoms with Crippen LogP contribution in [-0.2, 0) is 4.74 Å². The molecule has 128 valence electrons. The van der Waals surface area contributed by atoms with Crippen molar-refractivity contribution in [2.45, 2.75) is 20.8 Å². The molecule has 6 nitrogen and oxygen atoms in total. The van der Waals surface area contributed by atoms with Crippen LogP contribution in [-0.4, -0.2) is 23.5 Å². The number of nitrogens with two attached hydrogens (primary N) is 1. The summed E-state index contributed by atoms with van der Waals surface area (Å²) < 4.78 is 5.01. The Morgan fingerprint density at radius 1 is 1.25 bits per heavy atom. The molecule has 2 rings (SSSR count). The molecular formula is C16H17Cl2N3O3. The molecule has 1 aromatic heterocycles. The number of halogens is 2. The first kappa shape index (κ1) is 18.2. The molecule has 0 unspecified atom stereocenters. The number of nitrogen functional groups attached to an aromatic ring is 1. The fraction of sp³-hybridized carbons (Fsp3) is 0.250. The molecule has 0 aliphatic heterocycles. The van der Waals surface area contributed by atoms with Crippen molar-refractivity contribution in [1.82, 2.24) is 4.98 Å². The molecule has 0 aliphatic rings. The van der Waals surface area contributed by atoms with Gasteiger partial charge in [-0.05, 0) is 38.5 Å². The summed E-state index contributed by atoms with van der Waals surface area (Å²) in [7, 11) is 0. The number of ether oxygens (including phenoxy) is 1. The van der Waals surface area contributed by atoms with Crippen molar-refractivity contribution in [2.24, 2.45) is 0 Å². The van der Waals surface area contributed by atoms with E-state index in [1.165, 1.54) is 12.1 Å². The monoisotopic (exact) mass is 369 g/mol. The first-order valence-electron chi connectivity index (χ1n) is 7.18. The summed E-state index contributed by atoms with van der Waals surface area (Å²) in [4.78, 5) is 27.4. The lowest BCUT2D eigenvalue weighted by atomic mass is 10.1. The molecule has 1 aromatic carbocycles. The predicted molar refractivity (Wildman–Crippen MR) is 95.1 cm³/mol. The summed E-state index contributed by atoms with van der Waals surface area (Å²) in [6.07, 6.45) is 0. The van der Waals surface area contributed by atoms with Gasteiger partial charge in [-0.25, -0.2) is 4.79 Å². The van der Waals surface area contributed by atoms with Crippen LogP contribution in [0.15, 0.2) is 12.1 Å². The average Bonchev–Trinajstić information content (AvgIpc) is 2.80. The predicted octanol–water partition coefficient (Wildman–Crippen LogP) is 3.95. The number of hydrogen-bond acceptors (Lipinski definition) is 4. The third kappa shape index (κ3) is 3.49. The Labute approximate surface area is 149 Å². The van der Waals surface area contributed by atoms with Crippen LogP contribution in [0.5, 0.6) is 0 Å². The number of benzene rings is 1. The quantitative estimate of drug-likeness (QED) is 0.561. The Kier molecular flexibility index (Phi) is 5.41. The third-order valence-corrected chi connectivity index (χ3v) is 4.11. The van der Waals surface area contributed by atoms with Crippen LogP contribution in [0.3, 0.4) is 0 Å². The molecule has 0 saturated carbocycles. The zero-order chi connectivity index (χ0) is 18.0. The minimum atomic E-state index is -0.471. The summed E-state index contributed by atoms with van der Waals surface area (Å²) in [5.41, 5.74) is 8.00. The van der Waals surface area contributed by atoms with Crippen LogP contribution in [0.25, 0.3) is 0 Å². The Hall–Kier alpha value is -2.18. The van der Waals surface area contributed by atoms with E-state index >= 15 is 0 Å². The molecule has 0 bridgehead atoms. The van der Waals surface area contributed by atoms with Gasteiger partial charge >= 0.3 is 5.97 Å². The standard InChI is InChI=1S/C16H17Cl2N3O3/c1-4-24-16(23)12-7(2)14(20-8(12)3)15(22)21-9-5-10(17)13(19)11(18)6-9/h5-6,20H,4,19H2,1-3H3,(H,21,22). The van der Waals surface area contributed by atoms with E-state index in [2.05, 4.69) is 10.3 Å². The van der Waals surface area contributed by atoms with E-state index in [0.717, 1.165) is 0 Å². The number of aryl methyl sites for hydroxylation is 1. The third-order valence-electron chi connectivity index (χ3n) is 3.48. The maximum Gasteiger partial charge on any atom is 0.340 e. The van der Waals surface area contributed by atoms with Gasteiger partial charge in [0.1, 0.15) is 5.69 Å². The van der Waals surface area contributed by atoms with Crippen molar-refractivity contribution in [3.8, 4) is 0 Å². The summed E-state index contributed by atoms with van der Waals surface area (Å²) in [6, 6.07) is 3.00. The second-order valence-electron chi connectivity index (χ2n) is 5.15. The number of rotatable bonds is 4. The second kappa shape index (κ2) is 7.15. The van der Waals surface area contributed by atoms with Crippen LogP contribution in [0.2, 0.25) is 10.0 Å². The number of carbonyl (C=O) groups is 2. The largest absolute Gasteiger partial charge is 0.462 e. The SMILES string of the molecule is CCOC(=O)c1c(C)[nH]c(C(=O)Nc2cc(Cl)c(N)c(Cl)c2)c1C. The van der Waals surface area contributed by atoms with Gasteiger partial charge in [-0.15, -0.1) is 0 Å². The van der Waals surface area contributed by atoms with Gasteiger partial charge in [0.2, 0.25) is 0 Å². The fourth-order valence-electron chi connectivity index (χ4n) is 2.34. The van der Waals surface area contributed by atoms with Crippen LogP contribution >= 0.6 is 23.2 Å². The van der Waals surface area contributed by atoms with Gasteiger partial charge in [0.15, 0.2) is 0 Å². The Morgan fingerprint density at radius 3 is 2.38 bits per heavy atom. The number of nitrogens with one attached hydrogen (secondary N) is 2. The zero-order valence-electron chi connectivity index (χ0n) is 13.4. The number of amides is 1. The number of anilines is 2. The molecule has 0 atom stereocenters. The Morgan fingerprint density at radius 2 is 1.83 bits per heavy atom.